The number of aliphatic hydroxyl groups excluding tert-OH is 1. The molecule has 12 heteroatoms. The van der Waals surface area contributed by atoms with Gasteiger partial charge in [0.1, 0.15) is 12.6 Å². The number of hydrogen-bond donors (Lipinski definition) is 3. The van der Waals surface area contributed by atoms with Gasteiger partial charge in [-0.25, -0.2) is 4.79 Å². The van der Waals surface area contributed by atoms with E-state index in [4.69, 9.17) is 14.2 Å². The van der Waals surface area contributed by atoms with Crippen LogP contribution in [0.2, 0.25) is 0 Å². The fraction of sp³-hybridized carbons (Fsp3) is 0.511. The predicted molar refractivity (Wildman–Crippen MR) is 212 cm³/mol. The minimum Gasteiger partial charge on any atom is -0.445 e. The second-order valence-electron chi connectivity index (χ2n) is 17.0. The molecule has 3 saturated heterocycles. The number of piperidine rings is 1. The van der Waals surface area contributed by atoms with Crippen molar-refractivity contribution in [2.24, 2.45) is 5.92 Å². The summed E-state index contributed by atoms with van der Waals surface area (Å²) in [5.41, 5.74) is 3.80. The van der Waals surface area contributed by atoms with Gasteiger partial charge in [0.25, 0.3) is 5.91 Å². The lowest BCUT2D eigenvalue weighted by molar-refractivity contribution is -0.255. The first-order valence-corrected chi connectivity index (χ1v) is 20.4. The van der Waals surface area contributed by atoms with Crippen LogP contribution >= 0.6 is 0 Å². The van der Waals surface area contributed by atoms with Gasteiger partial charge in [0, 0.05) is 30.1 Å². The third kappa shape index (κ3) is 10.1. The Morgan fingerprint density at radius 2 is 1.54 bits per heavy atom. The molecule has 0 radical (unpaired) electrons. The molecule has 3 aromatic rings. The number of fused-ring (bicyclic) bond motifs is 1. The van der Waals surface area contributed by atoms with Crippen molar-refractivity contribution >= 4 is 23.8 Å². The van der Waals surface area contributed by atoms with Gasteiger partial charge in [-0.3, -0.25) is 24.2 Å². The molecule has 7 atom stereocenters. The van der Waals surface area contributed by atoms with E-state index >= 15 is 0 Å². The smallest absolute Gasteiger partial charge is 0.408 e. The van der Waals surface area contributed by atoms with Crippen LogP contribution in [0.25, 0.3) is 0 Å². The summed E-state index contributed by atoms with van der Waals surface area (Å²) in [4.78, 5) is 56.0. The molecule has 0 spiro atoms. The Morgan fingerprint density at radius 1 is 0.842 bits per heavy atom. The summed E-state index contributed by atoms with van der Waals surface area (Å²) in [6.45, 7) is 6.72. The van der Waals surface area contributed by atoms with Crippen molar-refractivity contribution in [2.75, 3.05) is 6.54 Å². The molecule has 1 saturated carbocycles. The molecule has 3 aromatic carbocycles. The summed E-state index contributed by atoms with van der Waals surface area (Å²) >= 11 is 0. The monoisotopic (exact) mass is 780 g/mol. The molecule has 304 valence electrons. The largest absolute Gasteiger partial charge is 0.445 e. The molecule has 7 rings (SSSR count). The maximum atomic E-state index is 13.8. The quantitative estimate of drug-likeness (QED) is 0.193. The highest BCUT2D eigenvalue weighted by molar-refractivity contribution is 6.06. The number of hydrogen-bond acceptors (Lipinski definition) is 9. The van der Waals surface area contributed by atoms with Gasteiger partial charge in [-0.1, -0.05) is 91.7 Å². The van der Waals surface area contributed by atoms with Crippen molar-refractivity contribution in [1.29, 1.82) is 0 Å². The Bertz CT molecular complexity index is 1860. The van der Waals surface area contributed by atoms with E-state index in [1.807, 2.05) is 99.6 Å². The number of carbonyl (C=O) groups excluding carboxylic acids is 4. The SMILES string of the molecule is CC(C)(C)NC(=O)[C@H]1CC[C@H]2CCCC[C@H]2N1C[C@@H]1C[C@H](c2ccc(CO)cc2)O[C@H](c2ccc(CN3C(=O)CC(NC(=O)OCc4ccccc4)C3=O)cc2)O1. The van der Waals surface area contributed by atoms with Gasteiger partial charge >= 0.3 is 6.09 Å². The molecule has 3 N–H and O–H groups in total. The predicted octanol–water partition coefficient (Wildman–Crippen LogP) is 6.22. The number of nitrogens with one attached hydrogen (secondary N) is 2. The maximum Gasteiger partial charge on any atom is 0.408 e. The second kappa shape index (κ2) is 17.9. The number of benzene rings is 3. The molecule has 57 heavy (non-hydrogen) atoms. The minimum absolute atomic E-state index is 0.0465. The van der Waals surface area contributed by atoms with E-state index in [-0.39, 0.29) is 61.8 Å². The average molecular weight is 781 g/mol. The van der Waals surface area contributed by atoms with Crippen LogP contribution in [0.3, 0.4) is 0 Å². The second-order valence-corrected chi connectivity index (χ2v) is 17.0. The van der Waals surface area contributed by atoms with E-state index < -0.39 is 24.3 Å². The summed E-state index contributed by atoms with van der Waals surface area (Å²) in [7, 11) is 0. The zero-order chi connectivity index (χ0) is 40.1. The number of amides is 4. The average Bonchev–Trinajstić information content (AvgIpc) is 3.47. The zero-order valence-electron chi connectivity index (χ0n) is 33.2. The van der Waals surface area contributed by atoms with Gasteiger partial charge in [0.05, 0.1) is 37.8 Å². The molecule has 3 heterocycles. The number of likely N-dealkylation sites (tertiary alicyclic amines) is 2. The maximum absolute atomic E-state index is 13.8. The van der Waals surface area contributed by atoms with E-state index in [1.54, 1.807) is 0 Å². The van der Waals surface area contributed by atoms with Crippen molar-refractivity contribution < 1.29 is 38.5 Å². The zero-order valence-corrected chi connectivity index (χ0v) is 33.2. The molecule has 12 nitrogen and oxygen atoms in total. The third-order valence-corrected chi connectivity index (χ3v) is 11.7. The van der Waals surface area contributed by atoms with E-state index in [9.17, 15) is 24.3 Å². The highest BCUT2D eigenvalue weighted by Crippen LogP contribution is 2.42. The van der Waals surface area contributed by atoms with Crippen molar-refractivity contribution in [3.05, 3.63) is 107 Å². The van der Waals surface area contributed by atoms with Crippen LogP contribution in [0, 0.1) is 5.92 Å². The van der Waals surface area contributed by atoms with Crippen LogP contribution in [-0.2, 0) is 48.4 Å². The lowest BCUT2D eigenvalue weighted by Crippen LogP contribution is -2.61. The van der Waals surface area contributed by atoms with Crippen LogP contribution in [-0.4, -0.2) is 75.0 Å². The molecule has 4 aliphatic rings. The van der Waals surface area contributed by atoms with E-state index in [1.165, 1.54) is 12.8 Å². The first kappa shape index (κ1) is 40.6. The number of aliphatic hydroxyl groups is 1. The minimum atomic E-state index is -0.993. The Hall–Kier alpha value is -4.62. The van der Waals surface area contributed by atoms with Gasteiger partial charge in [-0.15, -0.1) is 0 Å². The highest BCUT2D eigenvalue weighted by Gasteiger charge is 2.44. The summed E-state index contributed by atoms with van der Waals surface area (Å²) in [6.07, 6.45) is 4.98. The summed E-state index contributed by atoms with van der Waals surface area (Å²) in [5, 5.41) is 15.5. The lowest BCUT2D eigenvalue weighted by atomic mass is 9.75. The summed E-state index contributed by atoms with van der Waals surface area (Å²) in [6, 6.07) is 23.6. The van der Waals surface area contributed by atoms with Crippen LogP contribution < -0.4 is 10.6 Å². The van der Waals surface area contributed by atoms with E-state index in [2.05, 4.69) is 15.5 Å². The number of alkyl carbamates (subject to hydrolysis) is 1. The van der Waals surface area contributed by atoms with Crippen LogP contribution in [0.15, 0.2) is 78.9 Å². The molecular weight excluding hydrogens is 725 g/mol. The Labute approximate surface area is 335 Å². The number of nitrogens with zero attached hydrogens (tertiary/aromatic N) is 2. The molecular formula is C45H56N4O8. The Kier molecular flexibility index (Phi) is 12.7. The first-order valence-electron chi connectivity index (χ1n) is 20.4. The van der Waals surface area contributed by atoms with Crippen LogP contribution in [0.4, 0.5) is 4.79 Å². The summed E-state index contributed by atoms with van der Waals surface area (Å²) in [5.74, 6) is -0.218. The Morgan fingerprint density at radius 3 is 2.26 bits per heavy atom. The molecule has 1 unspecified atom stereocenters. The van der Waals surface area contributed by atoms with Crippen LogP contribution in [0.1, 0.15) is 112 Å². The number of rotatable bonds is 11. The molecule has 0 aromatic heterocycles. The fourth-order valence-electron chi connectivity index (χ4n) is 8.83. The molecule has 1 aliphatic carbocycles. The Balaban J connectivity index is 1.05. The van der Waals surface area contributed by atoms with Crippen molar-refractivity contribution in [1.82, 2.24) is 20.4 Å². The molecule has 4 amide bonds. The molecule has 3 aliphatic heterocycles. The normalized spacial score (nSPS) is 26.8. The first-order chi connectivity index (χ1) is 27.4. The lowest BCUT2D eigenvalue weighted by Gasteiger charge is -2.50. The number of imide groups is 1. The highest BCUT2D eigenvalue weighted by atomic mass is 16.7. The number of ether oxygens (including phenoxy) is 3. The fourth-order valence-corrected chi connectivity index (χ4v) is 8.83. The van der Waals surface area contributed by atoms with Gasteiger partial charge in [-0.2, -0.15) is 0 Å². The summed E-state index contributed by atoms with van der Waals surface area (Å²) < 4.78 is 18.7. The standard InChI is InChI=1S/C45H56N4O8/c1-45(2,3)47-41(52)38-22-21-32-11-7-8-12-37(32)48(38)26-35-23-39(33-17-15-30(27-50)16-18-33)57-43(56-35)34-19-13-29(14-20-34)25-49-40(51)24-36(42(49)53)46-44(54)55-28-31-9-5-4-6-10-31/h4-6,9-10,13-20,32,35-39,43,50H,7-8,11-12,21-28H2,1-3H3,(H,46,54)(H,47,52)/t32-,35+,36?,37-,38-,39-,43-/m1/s1. The van der Waals surface area contributed by atoms with Gasteiger partial charge < -0.3 is 30.0 Å². The van der Waals surface area contributed by atoms with Crippen LogP contribution in [0.5, 0.6) is 0 Å². The van der Waals surface area contributed by atoms with Crippen molar-refractivity contribution in [3.8, 4) is 0 Å². The van der Waals surface area contributed by atoms with Crippen molar-refractivity contribution in [3.63, 3.8) is 0 Å². The number of carbonyl (C=O) groups is 4. The van der Waals surface area contributed by atoms with Gasteiger partial charge in [-0.05, 0) is 74.6 Å². The van der Waals surface area contributed by atoms with Crippen molar-refractivity contribution in [2.45, 2.75) is 134 Å². The topological polar surface area (TPSA) is 147 Å². The molecule has 4 fully saturated rings. The van der Waals surface area contributed by atoms with Gasteiger partial charge in [0.2, 0.25) is 11.8 Å². The van der Waals surface area contributed by atoms with E-state index in [0.29, 0.717) is 24.9 Å². The molecule has 0 bridgehead atoms. The van der Waals surface area contributed by atoms with Gasteiger partial charge in [0.15, 0.2) is 6.29 Å². The van der Waals surface area contributed by atoms with E-state index in [0.717, 1.165) is 58.4 Å². The third-order valence-electron chi connectivity index (χ3n) is 11.7.